The topological polar surface area (TPSA) is 12.0 Å². The van der Waals surface area contributed by atoms with E-state index in [4.69, 9.17) is 11.6 Å². The number of benzene rings is 2. The Morgan fingerprint density at radius 3 is 2.53 bits per heavy atom. The first kappa shape index (κ1) is 13.8. The van der Waals surface area contributed by atoms with Crippen molar-refractivity contribution in [2.24, 2.45) is 0 Å². The van der Waals surface area contributed by atoms with Crippen LogP contribution in [0.25, 0.3) is 0 Å². The number of nitrogens with one attached hydrogen (secondary N) is 1. The maximum atomic E-state index is 13.7. The van der Waals surface area contributed by atoms with Crippen molar-refractivity contribution in [3.63, 3.8) is 0 Å². The molecule has 0 aromatic heterocycles. The van der Waals surface area contributed by atoms with Gasteiger partial charge in [0.25, 0.3) is 0 Å². The molecule has 0 bridgehead atoms. The Bertz CT molecular complexity index is 599. The van der Waals surface area contributed by atoms with Gasteiger partial charge in [-0.15, -0.1) is 0 Å². The van der Waals surface area contributed by atoms with Crippen molar-refractivity contribution in [2.75, 3.05) is 5.32 Å². The molecule has 0 radical (unpaired) electrons. The zero-order chi connectivity index (χ0) is 14.0. The van der Waals surface area contributed by atoms with Crippen LogP contribution in [-0.4, -0.2) is 0 Å². The van der Waals surface area contributed by atoms with Gasteiger partial charge in [-0.25, -0.2) is 8.78 Å². The summed E-state index contributed by atoms with van der Waals surface area (Å²) >= 11 is 5.93. The highest BCUT2D eigenvalue weighted by atomic mass is 35.5. The molecule has 2 rings (SSSR count). The summed E-state index contributed by atoms with van der Waals surface area (Å²) in [5.74, 6) is -1.13. The highest BCUT2D eigenvalue weighted by Gasteiger charge is 2.12. The Kier molecular flexibility index (Phi) is 4.05. The quantitative estimate of drug-likeness (QED) is 0.825. The summed E-state index contributed by atoms with van der Waals surface area (Å²) in [6, 6.07) is 8.78. The standard InChI is InChI=1S/C15H14ClF2N/c1-9-3-4-11(16)7-15(9)19-10(2)13-6-5-12(17)8-14(13)18/h3-8,10,19H,1-2H3. The Hall–Kier alpha value is -1.61. The van der Waals surface area contributed by atoms with Crippen LogP contribution >= 0.6 is 11.6 Å². The molecule has 0 spiro atoms. The molecular weight excluding hydrogens is 268 g/mol. The SMILES string of the molecule is Cc1ccc(Cl)cc1NC(C)c1ccc(F)cc1F. The Morgan fingerprint density at radius 1 is 1.11 bits per heavy atom. The summed E-state index contributed by atoms with van der Waals surface area (Å²) in [6.07, 6.45) is 0. The van der Waals surface area contributed by atoms with Gasteiger partial charge in [0, 0.05) is 22.3 Å². The van der Waals surface area contributed by atoms with Crippen LogP contribution in [0.4, 0.5) is 14.5 Å². The van der Waals surface area contributed by atoms with Crippen LogP contribution in [0, 0.1) is 18.6 Å². The number of hydrogen-bond acceptors (Lipinski definition) is 1. The summed E-state index contributed by atoms with van der Waals surface area (Å²) in [6.45, 7) is 3.75. The largest absolute Gasteiger partial charge is 0.378 e. The van der Waals surface area contributed by atoms with Crippen molar-refractivity contribution in [2.45, 2.75) is 19.9 Å². The first-order valence-corrected chi connectivity index (χ1v) is 6.33. The van der Waals surface area contributed by atoms with E-state index in [0.717, 1.165) is 17.3 Å². The summed E-state index contributed by atoms with van der Waals surface area (Å²) in [4.78, 5) is 0. The van der Waals surface area contributed by atoms with E-state index < -0.39 is 11.6 Å². The molecule has 0 aliphatic rings. The van der Waals surface area contributed by atoms with Crippen molar-refractivity contribution in [3.05, 3.63) is 64.2 Å². The van der Waals surface area contributed by atoms with E-state index in [1.165, 1.54) is 12.1 Å². The molecule has 4 heteroatoms. The third-order valence-corrected chi connectivity index (χ3v) is 3.24. The fraction of sp³-hybridized carbons (Fsp3) is 0.200. The minimum absolute atomic E-state index is 0.280. The van der Waals surface area contributed by atoms with Gasteiger partial charge in [0.2, 0.25) is 0 Å². The van der Waals surface area contributed by atoms with Gasteiger partial charge >= 0.3 is 0 Å². The predicted octanol–water partition coefficient (Wildman–Crippen LogP) is 5.10. The van der Waals surface area contributed by atoms with Crippen LogP contribution in [0.3, 0.4) is 0 Å². The lowest BCUT2D eigenvalue weighted by Crippen LogP contribution is -2.09. The maximum Gasteiger partial charge on any atom is 0.131 e. The molecule has 0 aliphatic heterocycles. The maximum absolute atomic E-state index is 13.7. The van der Waals surface area contributed by atoms with Crippen LogP contribution in [-0.2, 0) is 0 Å². The van der Waals surface area contributed by atoms with Crippen molar-refractivity contribution < 1.29 is 8.78 Å². The minimum Gasteiger partial charge on any atom is -0.378 e. The van der Waals surface area contributed by atoms with Crippen LogP contribution in [0.2, 0.25) is 5.02 Å². The summed E-state index contributed by atoms with van der Waals surface area (Å²) < 4.78 is 26.6. The molecule has 0 fully saturated rings. The summed E-state index contributed by atoms with van der Waals surface area (Å²) in [5, 5.41) is 3.79. The van der Waals surface area contributed by atoms with Gasteiger partial charge in [-0.2, -0.15) is 0 Å². The van der Waals surface area contributed by atoms with Gasteiger partial charge in [0.05, 0.1) is 6.04 Å². The number of halogens is 3. The summed E-state index contributed by atoms with van der Waals surface area (Å²) in [7, 11) is 0. The van der Waals surface area contributed by atoms with Gasteiger partial charge in [-0.1, -0.05) is 23.7 Å². The van der Waals surface area contributed by atoms with Gasteiger partial charge in [0.1, 0.15) is 11.6 Å². The zero-order valence-electron chi connectivity index (χ0n) is 10.7. The smallest absolute Gasteiger partial charge is 0.131 e. The number of aryl methyl sites for hydroxylation is 1. The van der Waals surface area contributed by atoms with Crippen molar-refractivity contribution in [3.8, 4) is 0 Å². The van der Waals surface area contributed by atoms with E-state index in [9.17, 15) is 8.78 Å². The minimum atomic E-state index is -0.576. The molecule has 0 heterocycles. The Labute approximate surface area is 116 Å². The first-order valence-electron chi connectivity index (χ1n) is 5.95. The van der Waals surface area contributed by atoms with E-state index in [0.29, 0.717) is 10.6 Å². The molecule has 100 valence electrons. The predicted molar refractivity (Wildman–Crippen MR) is 74.6 cm³/mol. The normalized spacial score (nSPS) is 12.3. The van der Waals surface area contributed by atoms with E-state index in [2.05, 4.69) is 5.32 Å². The average molecular weight is 282 g/mol. The lowest BCUT2D eigenvalue weighted by Gasteiger charge is -2.18. The summed E-state index contributed by atoms with van der Waals surface area (Å²) in [5.41, 5.74) is 2.27. The van der Waals surface area contributed by atoms with Gasteiger partial charge < -0.3 is 5.32 Å². The van der Waals surface area contributed by atoms with Crippen molar-refractivity contribution in [1.82, 2.24) is 0 Å². The Balaban J connectivity index is 2.25. The molecule has 0 aliphatic carbocycles. The highest BCUT2D eigenvalue weighted by molar-refractivity contribution is 6.30. The van der Waals surface area contributed by atoms with Gasteiger partial charge in [-0.3, -0.25) is 0 Å². The van der Waals surface area contributed by atoms with E-state index in [1.807, 2.05) is 19.9 Å². The number of hydrogen-bond donors (Lipinski definition) is 1. The lowest BCUT2D eigenvalue weighted by molar-refractivity contribution is 0.566. The molecular formula is C15H14ClF2N. The van der Waals surface area contributed by atoms with Gasteiger partial charge in [0.15, 0.2) is 0 Å². The van der Waals surface area contributed by atoms with E-state index >= 15 is 0 Å². The molecule has 0 amide bonds. The molecule has 1 nitrogen and oxygen atoms in total. The molecule has 19 heavy (non-hydrogen) atoms. The number of rotatable bonds is 3. The van der Waals surface area contributed by atoms with Gasteiger partial charge in [-0.05, 0) is 37.6 Å². The van der Waals surface area contributed by atoms with E-state index in [-0.39, 0.29) is 6.04 Å². The van der Waals surface area contributed by atoms with E-state index in [1.54, 1.807) is 12.1 Å². The van der Waals surface area contributed by atoms with Crippen LogP contribution < -0.4 is 5.32 Å². The second kappa shape index (κ2) is 5.57. The third kappa shape index (κ3) is 3.24. The fourth-order valence-corrected chi connectivity index (χ4v) is 2.09. The molecule has 2 aromatic carbocycles. The molecule has 1 atom stereocenters. The molecule has 1 unspecified atom stereocenters. The second-order valence-electron chi connectivity index (χ2n) is 4.49. The number of anilines is 1. The molecule has 0 saturated heterocycles. The monoisotopic (exact) mass is 281 g/mol. The lowest BCUT2D eigenvalue weighted by atomic mass is 10.1. The zero-order valence-corrected chi connectivity index (χ0v) is 11.4. The Morgan fingerprint density at radius 2 is 1.84 bits per heavy atom. The highest BCUT2D eigenvalue weighted by Crippen LogP contribution is 2.26. The third-order valence-electron chi connectivity index (χ3n) is 3.00. The van der Waals surface area contributed by atoms with Crippen LogP contribution in [0.5, 0.6) is 0 Å². The fourth-order valence-electron chi connectivity index (χ4n) is 1.91. The average Bonchev–Trinajstić information content (AvgIpc) is 2.33. The van der Waals surface area contributed by atoms with Crippen LogP contribution in [0.1, 0.15) is 24.1 Å². The molecule has 1 N–H and O–H groups in total. The molecule has 0 saturated carbocycles. The first-order chi connectivity index (χ1) is 8.97. The van der Waals surface area contributed by atoms with Crippen molar-refractivity contribution in [1.29, 1.82) is 0 Å². The molecule has 2 aromatic rings. The van der Waals surface area contributed by atoms with Crippen LogP contribution in [0.15, 0.2) is 36.4 Å². The van der Waals surface area contributed by atoms with Crippen molar-refractivity contribution >= 4 is 17.3 Å². The second-order valence-corrected chi connectivity index (χ2v) is 4.93.